The lowest BCUT2D eigenvalue weighted by molar-refractivity contribution is 0.566. The molecule has 1 aliphatic heterocycles. The molecule has 1 saturated heterocycles. The summed E-state index contributed by atoms with van der Waals surface area (Å²) >= 11 is 6.15. The van der Waals surface area contributed by atoms with Crippen molar-refractivity contribution >= 4 is 23.5 Å². The second-order valence-corrected chi connectivity index (χ2v) is 6.48. The van der Waals surface area contributed by atoms with E-state index in [0.717, 1.165) is 50.4 Å². The van der Waals surface area contributed by atoms with Crippen LogP contribution in [0.4, 0.5) is 11.9 Å². The van der Waals surface area contributed by atoms with Crippen molar-refractivity contribution in [3.8, 4) is 0 Å². The molecule has 116 valence electrons. The van der Waals surface area contributed by atoms with Gasteiger partial charge in [0, 0.05) is 26.2 Å². The average molecular weight is 310 g/mol. The molecule has 1 aromatic heterocycles. The van der Waals surface area contributed by atoms with Gasteiger partial charge in [-0.25, -0.2) is 0 Å². The van der Waals surface area contributed by atoms with E-state index in [1.165, 1.54) is 32.1 Å². The summed E-state index contributed by atoms with van der Waals surface area (Å²) < 4.78 is 0. The number of piperidine rings is 1. The van der Waals surface area contributed by atoms with E-state index in [2.05, 4.69) is 26.7 Å². The highest BCUT2D eigenvalue weighted by Crippen LogP contribution is 2.31. The lowest BCUT2D eigenvalue weighted by Crippen LogP contribution is -2.33. The first-order valence-electron chi connectivity index (χ1n) is 8.17. The Bertz CT molecular complexity index is 471. The van der Waals surface area contributed by atoms with Gasteiger partial charge in [-0.1, -0.05) is 6.92 Å². The van der Waals surface area contributed by atoms with Crippen LogP contribution in [0.3, 0.4) is 0 Å². The summed E-state index contributed by atoms with van der Waals surface area (Å²) in [6, 6.07) is 0. The maximum atomic E-state index is 6.15. The Morgan fingerprint density at radius 1 is 1.14 bits per heavy atom. The third kappa shape index (κ3) is 3.96. The number of anilines is 2. The Labute approximate surface area is 131 Å². The van der Waals surface area contributed by atoms with Crippen LogP contribution in [0.5, 0.6) is 0 Å². The Morgan fingerprint density at radius 3 is 2.57 bits per heavy atom. The third-order valence-electron chi connectivity index (χ3n) is 4.18. The van der Waals surface area contributed by atoms with Crippen LogP contribution < -0.4 is 9.80 Å². The molecule has 21 heavy (non-hydrogen) atoms. The summed E-state index contributed by atoms with van der Waals surface area (Å²) in [5.41, 5.74) is 0. The van der Waals surface area contributed by atoms with Crippen LogP contribution in [0.15, 0.2) is 0 Å². The number of nitrogens with zero attached hydrogens (tertiary/aromatic N) is 5. The molecule has 0 bridgehead atoms. The van der Waals surface area contributed by atoms with E-state index in [1.54, 1.807) is 0 Å². The van der Waals surface area contributed by atoms with E-state index >= 15 is 0 Å². The number of aromatic nitrogens is 3. The molecule has 2 heterocycles. The van der Waals surface area contributed by atoms with Gasteiger partial charge in [0.15, 0.2) is 0 Å². The average Bonchev–Trinajstić information content (AvgIpc) is 3.31. The van der Waals surface area contributed by atoms with Crippen molar-refractivity contribution in [2.24, 2.45) is 5.92 Å². The van der Waals surface area contributed by atoms with Crippen LogP contribution in [0.2, 0.25) is 5.28 Å². The minimum absolute atomic E-state index is 0.317. The summed E-state index contributed by atoms with van der Waals surface area (Å²) in [5, 5.41) is 0.317. The largest absolute Gasteiger partial charge is 0.341 e. The van der Waals surface area contributed by atoms with Crippen molar-refractivity contribution in [1.29, 1.82) is 0 Å². The minimum Gasteiger partial charge on any atom is -0.341 e. The zero-order chi connectivity index (χ0) is 14.7. The predicted octanol–water partition coefficient (Wildman–Crippen LogP) is 3.14. The first-order chi connectivity index (χ1) is 10.3. The van der Waals surface area contributed by atoms with Crippen LogP contribution in [-0.2, 0) is 0 Å². The molecule has 0 atom stereocenters. The summed E-state index contributed by atoms with van der Waals surface area (Å²) in [7, 11) is 0. The summed E-state index contributed by atoms with van der Waals surface area (Å²) in [6.07, 6.45) is 7.47. The van der Waals surface area contributed by atoms with Crippen molar-refractivity contribution in [1.82, 2.24) is 15.0 Å². The normalized spacial score (nSPS) is 18.9. The number of rotatable bonds is 6. The minimum atomic E-state index is 0.317. The molecular formula is C15H24ClN5. The monoisotopic (exact) mass is 309 g/mol. The maximum Gasteiger partial charge on any atom is 0.231 e. The second-order valence-electron chi connectivity index (χ2n) is 6.14. The molecule has 1 aliphatic carbocycles. The van der Waals surface area contributed by atoms with Crippen molar-refractivity contribution in [2.75, 3.05) is 36.0 Å². The van der Waals surface area contributed by atoms with Gasteiger partial charge in [-0.2, -0.15) is 15.0 Å². The molecule has 2 fully saturated rings. The highest BCUT2D eigenvalue weighted by Gasteiger charge is 2.26. The van der Waals surface area contributed by atoms with Gasteiger partial charge in [0.05, 0.1) is 0 Å². The fourth-order valence-electron chi connectivity index (χ4n) is 2.86. The van der Waals surface area contributed by atoms with Gasteiger partial charge in [-0.3, -0.25) is 0 Å². The molecule has 1 saturated carbocycles. The molecule has 2 aliphatic rings. The molecule has 0 spiro atoms. The Hall–Kier alpha value is -1.10. The van der Waals surface area contributed by atoms with Gasteiger partial charge >= 0.3 is 0 Å². The zero-order valence-electron chi connectivity index (χ0n) is 12.8. The maximum absolute atomic E-state index is 6.15. The topological polar surface area (TPSA) is 45.2 Å². The standard InChI is InChI=1S/C15H24ClN5/c1-2-8-21(11-12-6-7-12)15-18-13(16)17-14(19-15)20-9-4-3-5-10-20/h12H,2-11H2,1H3. The van der Waals surface area contributed by atoms with E-state index in [9.17, 15) is 0 Å². The van der Waals surface area contributed by atoms with Crippen LogP contribution in [0.1, 0.15) is 45.4 Å². The first kappa shape index (κ1) is 14.8. The Balaban J connectivity index is 1.80. The van der Waals surface area contributed by atoms with Gasteiger partial charge in [0.1, 0.15) is 0 Å². The van der Waals surface area contributed by atoms with Gasteiger partial charge < -0.3 is 9.80 Å². The SMILES string of the molecule is CCCN(CC1CC1)c1nc(Cl)nc(N2CCCCC2)n1. The summed E-state index contributed by atoms with van der Waals surface area (Å²) in [4.78, 5) is 17.9. The van der Waals surface area contributed by atoms with E-state index in [0.29, 0.717) is 5.28 Å². The van der Waals surface area contributed by atoms with Gasteiger partial charge in [0.2, 0.25) is 17.2 Å². The first-order valence-corrected chi connectivity index (χ1v) is 8.55. The Kier molecular flexibility index (Phi) is 4.78. The highest BCUT2D eigenvalue weighted by atomic mass is 35.5. The number of hydrogen-bond donors (Lipinski definition) is 0. The Morgan fingerprint density at radius 2 is 1.90 bits per heavy atom. The van der Waals surface area contributed by atoms with Crippen LogP contribution >= 0.6 is 11.6 Å². The molecule has 0 radical (unpaired) electrons. The van der Waals surface area contributed by atoms with Gasteiger partial charge in [0.25, 0.3) is 0 Å². The predicted molar refractivity (Wildman–Crippen MR) is 86.1 cm³/mol. The van der Waals surface area contributed by atoms with Crippen molar-refractivity contribution in [3.63, 3.8) is 0 Å². The van der Waals surface area contributed by atoms with Crippen LogP contribution in [-0.4, -0.2) is 41.1 Å². The molecule has 3 rings (SSSR count). The van der Waals surface area contributed by atoms with E-state index in [4.69, 9.17) is 16.6 Å². The quantitative estimate of drug-likeness (QED) is 0.808. The highest BCUT2D eigenvalue weighted by molar-refractivity contribution is 6.28. The number of halogens is 1. The zero-order valence-corrected chi connectivity index (χ0v) is 13.5. The van der Waals surface area contributed by atoms with Gasteiger partial charge in [-0.15, -0.1) is 0 Å². The second kappa shape index (κ2) is 6.77. The molecule has 0 aromatic carbocycles. The molecule has 0 amide bonds. The van der Waals surface area contributed by atoms with E-state index in [-0.39, 0.29) is 0 Å². The van der Waals surface area contributed by atoms with Crippen molar-refractivity contribution in [3.05, 3.63) is 5.28 Å². The molecule has 0 unspecified atom stereocenters. The van der Waals surface area contributed by atoms with E-state index in [1.807, 2.05) is 0 Å². The lowest BCUT2D eigenvalue weighted by Gasteiger charge is -2.28. The smallest absolute Gasteiger partial charge is 0.231 e. The molecule has 5 nitrogen and oxygen atoms in total. The van der Waals surface area contributed by atoms with E-state index < -0.39 is 0 Å². The molecule has 1 aromatic rings. The molecule has 6 heteroatoms. The lowest BCUT2D eigenvalue weighted by atomic mass is 10.1. The molecular weight excluding hydrogens is 286 g/mol. The van der Waals surface area contributed by atoms with Crippen molar-refractivity contribution in [2.45, 2.75) is 45.4 Å². The fourth-order valence-corrected chi connectivity index (χ4v) is 3.01. The third-order valence-corrected chi connectivity index (χ3v) is 4.34. The fraction of sp³-hybridized carbons (Fsp3) is 0.800. The van der Waals surface area contributed by atoms with Crippen LogP contribution in [0, 0.1) is 5.92 Å². The van der Waals surface area contributed by atoms with Gasteiger partial charge in [-0.05, 0) is 56.0 Å². The number of hydrogen-bond acceptors (Lipinski definition) is 5. The molecule has 0 N–H and O–H groups in total. The summed E-state index contributed by atoms with van der Waals surface area (Å²) in [6.45, 7) is 6.27. The van der Waals surface area contributed by atoms with Crippen LogP contribution in [0.25, 0.3) is 0 Å². The summed E-state index contributed by atoms with van der Waals surface area (Å²) in [5.74, 6) is 2.32. The van der Waals surface area contributed by atoms with Crippen molar-refractivity contribution < 1.29 is 0 Å².